The number of benzene rings is 1. The maximum atomic E-state index is 12.3. The number of hydrogen-bond donors (Lipinski definition) is 0. The average Bonchev–Trinajstić information content (AvgIpc) is 2.92. The minimum absolute atomic E-state index is 0.309. The highest BCUT2D eigenvalue weighted by molar-refractivity contribution is 5.79. The number of carbonyl (C=O) groups excluding carboxylic acids is 2. The van der Waals surface area contributed by atoms with Crippen LogP contribution in [0.4, 0.5) is 0 Å². The van der Waals surface area contributed by atoms with Crippen molar-refractivity contribution in [2.75, 3.05) is 20.2 Å². The molecule has 2 unspecified atom stereocenters. The van der Waals surface area contributed by atoms with Crippen LogP contribution in [0.1, 0.15) is 25.8 Å². The lowest BCUT2D eigenvalue weighted by Crippen LogP contribution is -2.46. The number of methoxy groups -OCH3 is 1. The predicted molar refractivity (Wildman–Crippen MR) is 82.0 cm³/mol. The highest BCUT2D eigenvalue weighted by atomic mass is 16.6. The first-order chi connectivity index (χ1) is 10.5. The fourth-order valence-electron chi connectivity index (χ4n) is 3.12. The van der Waals surface area contributed by atoms with Gasteiger partial charge in [-0.2, -0.15) is 0 Å². The third-order valence-corrected chi connectivity index (χ3v) is 4.34. The van der Waals surface area contributed by atoms with Crippen LogP contribution in [0.25, 0.3) is 0 Å². The normalized spacial score (nSPS) is 23.0. The maximum absolute atomic E-state index is 12.3. The Hall–Kier alpha value is -1.88. The Bertz CT molecular complexity index is 531. The molecule has 1 fully saturated rings. The van der Waals surface area contributed by atoms with E-state index in [1.807, 2.05) is 18.2 Å². The van der Waals surface area contributed by atoms with Crippen LogP contribution in [-0.4, -0.2) is 43.1 Å². The van der Waals surface area contributed by atoms with Crippen molar-refractivity contribution in [1.82, 2.24) is 4.90 Å². The van der Waals surface area contributed by atoms with Crippen LogP contribution in [-0.2, 0) is 25.6 Å². The van der Waals surface area contributed by atoms with Crippen molar-refractivity contribution in [3.63, 3.8) is 0 Å². The van der Waals surface area contributed by atoms with Crippen LogP contribution in [0.15, 0.2) is 30.3 Å². The number of hydrogen-bond acceptors (Lipinski definition) is 5. The molecule has 5 heteroatoms. The van der Waals surface area contributed by atoms with Gasteiger partial charge in [-0.05, 0) is 25.5 Å². The summed E-state index contributed by atoms with van der Waals surface area (Å²) in [6, 6.07) is 10.1. The summed E-state index contributed by atoms with van der Waals surface area (Å²) in [5.41, 5.74) is 0.415. The number of ether oxygens (including phenoxy) is 2. The van der Waals surface area contributed by atoms with Gasteiger partial charge in [0.2, 0.25) is 0 Å². The standard InChI is InChI=1S/C17H23NO4/c1-13(22-14(2)19)17(16(20)21-3)9-10-18(12-17)11-15-7-5-4-6-8-15/h4-8,13H,9-12H2,1-3H3. The number of rotatable bonds is 5. The summed E-state index contributed by atoms with van der Waals surface area (Å²) < 4.78 is 10.3. The molecule has 1 heterocycles. The third-order valence-electron chi connectivity index (χ3n) is 4.34. The van der Waals surface area contributed by atoms with Gasteiger partial charge in [-0.3, -0.25) is 14.5 Å². The molecule has 0 spiro atoms. The summed E-state index contributed by atoms with van der Waals surface area (Å²) >= 11 is 0. The quantitative estimate of drug-likeness (QED) is 0.779. The molecule has 1 aromatic rings. The van der Waals surface area contributed by atoms with Crippen LogP contribution in [0.2, 0.25) is 0 Å². The Balaban J connectivity index is 2.12. The van der Waals surface area contributed by atoms with Gasteiger partial charge in [0, 0.05) is 20.0 Å². The van der Waals surface area contributed by atoms with Gasteiger partial charge in [0.1, 0.15) is 11.5 Å². The van der Waals surface area contributed by atoms with Gasteiger partial charge >= 0.3 is 11.9 Å². The maximum Gasteiger partial charge on any atom is 0.316 e. The van der Waals surface area contributed by atoms with Gasteiger partial charge in [-0.15, -0.1) is 0 Å². The van der Waals surface area contributed by atoms with E-state index in [-0.39, 0.29) is 11.9 Å². The molecule has 0 saturated carbocycles. The Kier molecular flexibility index (Phi) is 5.19. The van der Waals surface area contributed by atoms with E-state index in [1.165, 1.54) is 19.6 Å². The van der Waals surface area contributed by atoms with E-state index >= 15 is 0 Å². The largest absolute Gasteiger partial charge is 0.468 e. The SMILES string of the molecule is COC(=O)C1(C(C)OC(C)=O)CCN(Cc2ccccc2)C1. The lowest BCUT2D eigenvalue weighted by Gasteiger charge is -2.32. The molecule has 1 aromatic carbocycles. The van der Waals surface area contributed by atoms with E-state index in [0.29, 0.717) is 13.0 Å². The summed E-state index contributed by atoms with van der Waals surface area (Å²) in [5, 5.41) is 0. The predicted octanol–water partition coefficient (Wildman–Crippen LogP) is 2.00. The van der Waals surface area contributed by atoms with Gasteiger partial charge in [0.15, 0.2) is 0 Å². The average molecular weight is 305 g/mol. The first kappa shape index (κ1) is 16.5. The van der Waals surface area contributed by atoms with Crippen LogP contribution in [0.5, 0.6) is 0 Å². The van der Waals surface area contributed by atoms with E-state index in [9.17, 15) is 9.59 Å². The molecule has 0 aromatic heterocycles. The summed E-state index contributed by atoms with van der Waals surface area (Å²) in [6.45, 7) is 5.20. The molecule has 1 saturated heterocycles. The Morgan fingerprint density at radius 3 is 2.59 bits per heavy atom. The van der Waals surface area contributed by atoms with E-state index in [4.69, 9.17) is 9.47 Å². The topological polar surface area (TPSA) is 55.8 Å². The number of nitrogens with zero attached hydrogens (tertiary/aromatic N) is 1. The smallest absolute Gasteiger partial charge is 0.316 e. The zero-order valence-corrected chi connectivity index (χ0v) is 13.4. The lowest BCUT2D eigenvalue weighted by atomic mass is 9.81. The van der Waals surface area contributed by atoms with Crippen molar-refractivity contribution in [3.8, 4) is 0 Å². The highest BCUT2D eigenvalue weighted by Crippen LogP contribution is 2.37. The third kappa shape index (κ3) is 3.47. The van der Waals surface area contributed by atoms with Crippen LogP contribution < -0.4 is 0 Å². The lowest BCUT2D eigenvalue weighted by molar-refractivity contribution is -0.167. The van der Waals surface area contributed by atoms with Gasteiger partial charge < -0.3 is 9.47 Å². The van der Waals surface area contributed by atoms with E-state index in [2.05, 4.69) is 17.0 Å². The molecule has 1 aliphatic heterocycles. The van der Waals surface area contributed by atoms with E-state index in [1.54, 1.807) is 6.92 Å². The Morgan fingerprint density at radius 1 is 1.32 bits per heavy atom. The van der Waals surface area contributed by atoms with Gasteiger partial charge in [-0.25, -0.2) is 0 Å². The van der Waals surface area contributed by atoms with Crippen LogP contribution in [0.3, 0.4) is 0 Å². The molecular formula is C17H23NO4. The van der Waals surface area contributed by atoms with E-state index < -0.39 is 11.5 Å². The zero-order chi connectivity index (χ0) is 16.2. The highest BCUT2D eigenvalue weighted by Gasteiger charge is 2.51. The molecule has 2 atom stereocenters. The molecule has 0 amide bonds. The second-order valence-corrected chi connectivity index (χ2v) is 5.85. The Labute approximate surface area is 131 Å². The van der Waals surface area contributed by atoms with Crippen molar-refractivity contribution >= 4 is 11.9 Å². The number of likely N-dealkylation sites (tertiary alicyclic amines) is 1. The minimum atomic E-state index is -0.783. The molecule has 0 bridgehead atoms. The van der Waals surface area contributed by atoms with Gasteiger partial charge in [-0.1, -0.05) is 30.3 Å². The molecule has 0 aliphatic carbocycles. The fourth-order valence-corrected chi connectivity index (χ4v) is 3.12. The molecular weight excluding hydrogens is 282 g/mol. The monoisotopic (exact) mass is 305 g/mol. The van der Waals surface area contributed by atoms with Crippen molar-refractivity contribution in [2.24, 2.45) is 5.41 Å². The summed E-state index contributed by atoms with van der Waals surface area (Å²) in [4.78, 5) is 25.8. The van der Waals surface area contributed by atoms with Gasteiger partial charge in [0.05, 0.1) is 7.11 Å². The summed E-state index contributed by atoms with van der Waals surface area (Å²) in [5.74, 6) is -0.686. The first-order valence-electron chi connectivity index (χ1n) is 7.50. The number of esters is 2. The van der Waals surface area contributed by atoms with Crippen molar-refractivity contribution in [1.29, 1.82) is 0 Å². The molecule has 1 aliphatic rings. The van der Waals surface area contributed by atoms with Crippen LogP contribution in [0, 0.1) is 5.41 Å². The summed E-state index contributed by atoms with van der Waals surface area (Å²) in [7, 11) is 1.38. The molecule has 120 valence electrons. The molecule has 2 rings (SSSR count). The molecule has 22 heavy (non-hydrogen) atoms. The molecule has 0 radical (unpaired) electrons. The zero-order valence-electron chi connectivity index (χ0n) is 13.4. The molecule has 5 nitrogen and oxygen atoms in total. The van der Waals surface area contributed by atoms with Crippen molar-refractivity contribution in [3.05, 3.63) is 35.9 Å². The minimum Gasteiger partial charge on any atom is -0.468 e. The van der Waals surface area contributed by atoms with Gasteiger partial charge in [0.25, 0.3) is 0 Å². The fraction of sp³-hybridized carbons (Fsp3) is 0.529. The number of carbonyl (C=O) groups is 2. The Morgan fingerprint density at radius 2 is 2.00 bits per heavy atom. The first-order valence-corrected chi connectivity index (χ1v) is 7.50. The van der Waals surface area contributed by atoms with Crippen molar-refractivity contribution < 1.29 is 19.1 Å². The summed E-state index contributed by atoms with van der Waals surface area (Å²) in [6.07, 6.45) is 0.124. The van der Waals surface area contributed by atoms with Crippen molar-refractivity contribution in [2.45, 2.75) is 32.9 Å². The second kappa shape index (κ2) is 6.92. The van der Waals surface area contributed by atoms with E-state index in [0.717, 1.165) is 13.1 Å². The molecule has 0 N–H and O–H groups in total. The second-order valence-electron chi connectivity index (χ2n) is 5.85. The van der Waals surface area contributed by atoms with Crippen LogP contribution >= 0.6 is 0 Å².